The van der Waals surface area contributed by atoms with Gasteiger partial charge in [0, 0.05) is 29.8 Å². The number of carbonyl (C=O) groups excluding carboxylic acids is 1. The molecule has 2 aromatic rings. The van der Waals surface area contributed by atoms with Crippen molar-refractivity contribution in [3.63, 3.8) is 0 Å². The molecule has 142 valence electrons. The Morgan fingerprint density at radius 1 is 1.21 bits per heavy atom. The Hall–Kier alpha value is -2.93. The lowest BCUT2D eigenvalue weighted by Crippen LogP contribution is -2.42. The molecule has 2 aliphatic rings. The van der Waals surface area contributed by atoms with E-state index < -0.39 is 0 Å². The van der Waals surface area contributed by atoms with Crippen molar-refractivity contribution in [2.24, 2.45) is 23.7 Å². The summed E-state index contributed by atoms with van der Waals surface area (Å²) >= 11 is 0. The second-order valence-corrected chi connectivity index (χ2v) is 8.18. The fourth-order valence-corrected chi connectivity index (χ4v) is 4.77. The number of hydrogen-bond acceptors (Lipinski definition) is 3. The Kier molecular flexibility index (Phi) is 5.00. The Labute approximate surface area is 166 Å². The highest BCUT2D eigenvalue weighted by Gasteiger charge is 2.44. The van der Waals surface area contributed by atoms with Gasteiger partial charge in [0.25, 0.3) is 0 Å². The largest absolute Gasteiger partial charge is 0.353 e. The molecule has 4 rings (SSSR count). The number of aromatic nitrogens is 1. The maximum Gasteiger partial charge on any atom is 0.220 e. The average molecular weight is 371 g/mol. The monoisotopic (exact) mass is 371 g/mol. The van der Waals surface area contributed by atoms with E-state index in [-0.39, 0.29) is 5.91 Å². The molecule has 1 aromatic heterocycles. The van der Waals surface area contributed by atoms with Crippen LogP contribution in [-0.2, 0) is 4.79 Å². The summed E-state index contributed by atoms with van der Waals surface area (Å²) in [7, 11) is 0. The molecule has 1 saturated heterocycles. The van der Waals surface area contributed by atoms with E-state index >= 15 is 0 Å². The van der Waals surface area contributed by atoms with Crippen LogP contribution in [0.25, 0.3) is 17.2 Å². The molecule has 1 amide bonds. The zero-order valence-corrected chi connectivity index (χ0v) is 16.3. The van der Waals surface area contributed by atoms with Crippen molar-refractivity contribution >= 4 is 12.0 Å². The van der Waals surface area contributed by atoms with E-state index in [1.54, 1.807) is 0 Å². The average Bonchev–Trinajstić information content (AvgIpc) is 3.08. The molecule has 28 heavy (non-hydrogen) atoms. The number of amides is 1. The quantitative estimate of drug-likeness (QED) is 0.868. The molecule has 1 aromatic carbocycles. The van der Waals surface area contributed by atoms with Crippen molar-refractivity contribution in [1.29, 1.82) is 5.26 Å². The molecule has 1 saturated carbocycles. The number of nitriles is 1. The Bertz CT molecular complexity index is 941. The van der Waals surface area contributed by atoms with Gasteiger partial charge in [-0.3, -0.25) is 9.78 Å². The number of allylic oxidation sites excluding steroid dienone is 1. The summed E-state index contributed by atoms with van der Waals surface area (Å²) in [6.07, 6.45) is 7.87. The van der Waals surface area contributed by atoms with Crippen molar-refractivity contribution in [3.05, 3.63) is 59.9 Å². The number of hydrogen-bond donors (Lipinski definition) is 1. The molecule has 5 atom stereocenters. The van der Waals surface area contributed by atoms with Crippen molar-refractivity contribution in [2.75, 3.05) is 0 Å². The van der Waals surface area contributed by atoms with Crippen LogP contribution in [0.15, 0.2) is 48.7 Å². The van der Waals surface area contributed by atoms with Crippen molar-refractivity contribution in [2.45, 2.75) is 32.7 Å². The van der Waals surface area contributed by atoms with Gasteiger partial charge >= 0.3 is 0 Å². The lowest BCUT2D eigenvalue weighted by molar-refractivity contribution is -0.119. The van der Waals surface area contributed by atoms with E-state index in [1.165, 1.54) is 0 Å². The summed E-state index contributed by atoms with van der Waals surface area (Å²) in [5, 5.41) is 12.4. The summed E-state index contributed by atoms with van der Waals surface area (Å²) < 4.78 is 0. The van der Waals surface area contributed by atoms with E-state index in [0.29, 0.717) is 41.7 Å². The van der Waals surface area contributed by atoms with Gasteiger partial charge in [0.1, 0.15) is 0 Å². The van der Waals surface area contributed by atoms with Crippen LogP contribution in [0.3, 0.4) is 0 Å². The highest BCUT2D eigenvalue weighted by atomic mass is 16.2. The van der Waals surface area contributed by atoms with Crippen molar-refractivity contribution < 1.29 is 4.79 Å². The minimum atomic E-state index is 0.188. The topological polar surface area (TPSA) is 65.8 Å². The molecular formula is C24H25N3O. The van der Waals surface area contributed by atoms with Crippen LogP contribution in [0.5, 0.6) is 0 Å². The normalized spacial score (nSPS) is 29.3. The number of pyridine rings is 1. The molecular weight excluding hydrogens is 346 g/mol. The number of rotatable bonds is 3. The Morgan fingerprint density at radius 3 is 2.79 bits per heavy atom. The van der Waals surface area contributed by atoms with E-state index in [4.69, 9.17) is 0 Å². The predicted octanol–water partition coefficient (Wildman–Crippen LogP) is 4.43. The highest BCUT2D eigenvalue weighted by Crippen LogP contribution is 2.43. The Balaban J connectivity index is 1.54. The molecule has 4 nitrogen and oxygen atoms in total. The third-order valence-corrected chi connectivity index (χ3v) is 6.54. The van der Waals surface area contributed by atoms with Crippen LogP contribution in [-0.4, -0.2) is 16.9 Å². The van der Waals surface area contributed by atoms with Gasteiger partial charge in [-0.25, -0.2) is 0 Å². The summed E-state index contributed by atoms with van der Waals surface area (Å²) in [5.74, 6) is 2.10. The summed E-state index contributed by atoms with van der Waals surface area (Å²) in [6, 6.07) is 14.1. The second kappa shape index (κ2) is 7.59. The molecule has 1 N–H and O–H groups in total. The number of benzene rings is 1. The first kappa shape index (κ1) is 18.4. The van der Waals surface area contributed by atoms with E-state index in [1.807, 2.05) is 42.6 Å². The molecule has 4 heteroatoms. The molecule has 0 radical (unpaired) electrons. The lowest BCUT2D eigenvalue weighted by Gasteiger charge is -2.40. The zero-order valence-electron chi connectivity index (χ0n) is 16.3. The van der Waals surface area contributed by atoms with Gasteiger partial charge in [-0.05, 0) is 48.3 Å². The Morgan fingerprint density at radius 2 is 2.04 bits per heavy atom. The maximum absolute atomic E-state index is 11.9. The first-order valence-corrected chi connectivity index (χ1v) is 10.00. The van der Waals surface area contributed by atoms with E-state index in [2.05, 4.69) is 42.4 Å². The van der Waals surface area contributed by atoms with Crippen LogP contribution in [0.2, 0.25) is 0 Å². The molecule has 0 bridgehead atoms. The van der Waals surface area contributed by atoms with Gasteiger partial charge in [-0.2, -0.15) is 5.26 Å². The van der Waals surface area contributed by atoms with Gasteiger partial charge in [-0.15, -0.1) is 0 Å². The van der Waals surface area contributed by atoms with Gasteiger partial charge < -0.3 is 5.32 Å². The van der Waals surface area contributed by atoms with Gasteiger partial charge in [0.05, 0.1) is 17.3 Å². The van der Waals surface area contributed by atoms with Crippen LogP contribution in [0.4, 0.5) is 0 Å². The summed E-state index contributed by atoms with van der Waals surface area (Å²) in [6.45, 7) is 4.58. The standard InChI is InChI=1S/C24H25N3O/c1-15-11-23-22(12-24(28)27-23)20(16(15)2)10-9-19-8-7-18(14-26-19)21-6-4-3-5-17(21)13-25/h3-10,14-16,20,22-23H,11-12H2,1-2H3,(H,27,28)/b10-9+/t15-,16+,20-,22+,23-/m0/s1. The molecule has 2 heterocycles. The van der Waals surface area contributed by atoms with Gasteiger partial charge in [-0.1, -0.05) is 44.2 Å². The lowest BCUT2D eigenvalue weighted by atomic mass is 9.66. The van der Waals surface area contributed by atoms with Crippen LogP contribution in [0.1, 0.15) is 37.9 Å². The van der Waals surface area contributed by atoms with Crippen molar-refractivity contribution in [1.82, 2.24) is 10.3 Å². The first-order chi connectivity index (χ1) is 13.6. The number of carbonyl (C=O) groups is 1. The number of nitrogens with zero attached hydrogens (tertiary/aromatic N) is 2. The minimum absolute atomic E-state index is 0.188. The summed E-state index contributed by atoms with van der Waals surface area (Å²) in [4.78, 5) is 16.5. The van der Waals surface area contributed by atoms with Crippen LogP contribution >= 0.6 is 0 Å². The molecule has 1 aliphatic heterocycles. The fraction of sp³-hybridized carbons (Fsp3) is 0.375. The van der Waals surface area contributed by atoms with E-state index in [0.717, 1.165) is 23.2 Å². The number of fused-ring (bicyclic) bond motifs is 1. The molecule has 0 unspecified atom stereocenters. The summed E-state index contributed by atoms with van der Waals surface area (Å²) in [5.41, 5.74) is 3.40. The molecule has 0 spiro atoms. The molecule has 1 aliphatic carbocycles. The molecule has 2 fully saturated rings. The maximum atomic E-state index is 11.9. The third kappa shape index (κ3) is 3.45. The highest BCUT2D eigenvalue weighted by molar-refractivity contribution is 5.79. The van der Waals surface area contributed by atoms with E-state index in [9.17, 15) is 10.1 Å². The third-order valence-electron chi connectivity index (χ3n) is 6.54. The van der Waals surface area contributed by atoms with Crippen molar-refractivity contribution in [3.8, 4) is 17.2 Å². The van der Waals surface area contributed by atoms with Crippen LogP contribution < -0.4 is 5.32 Å². The second-order valence-electron chi connectivity index (χ2n) is 8.18. The van der Waals surface area contributed by atoms with Gasteiger partial charge in [0.15, 0.2) is 0 Å². The fourth-order valence-electron chi connectivity index (χ4n) is 4.77. The zero-order chi connectivity index (χ0) is 19.7. The minimum Gasteiger partial charge on any atom is -0.353 e. The number of nitrogens with one attached hydrogen (secondary N) is 1. The smallest absolute Gasteiger partial charge is 0.220 e. The van der Waals surface area contributed by atoms with Gasteiger partial charge in [0.2, 0.25) is 5.91 Å². The predicted molar refractivity (Wildman–Crippen MR) is 110 cm³/mol. The first-order valence-electron chi connectivity index (χ1n) is 10.00. The SMILES string of the molecule is C[C@H]1[C@H](/C=C/c2ccc(-c3ccccc3C#N)cn2)[C@H]2CC(=O)N[C@H]2C[C@@H]1C. The van der Waals surface area contributed by atoms with Crippen LogP contribution in [0, 0.1) is 35.0 Å².